The second-order valence-electron chi connectivity index (χ2n) is 10.9. The number of non-ortho nitro benzene ring substituents is 1. The predicted molar refractivity (Wildman–Crippen MR) is 150 cm³/mol. The van der Waals surface area contributed by atoms with Gasteiger partial charge in [0.25, 0.3) is 5.69 Å². The molecule has 1 amide bonds. The van der Waals surface area contributed by atoms with Crippen LogP contribution in [0.3, 0.4) is 0 Å². The summed E-state index contributed by atoms with van der Waals surface area (Å²) in [7, 11) is 1.68. The maximum Gasteiger partial charge on any atom is 0.382 e. The Morgan fingerprint density at radius 3 is 1.97 bits per heavy atom. The molecule has 0 bridgehead atoms. The van der Waals surface area contributed by atoms with Crippen molar-refractivity contribution in [1.82, 2.24) is 0 Å². The topological polar surface area (TPSA) is 119 Å². The quantitative estimate of drug-likeness (QED) is 0.0554. The van der Waals surface area contributed by atoms with Crippen molar-refractivity contribution in [3.8, 4) is 5.75 Å². The molecule has 0 aliphatic carbocycles. The Hall–Kier alpha value is -1.96. The van der Waals surface area contributed by atoms with Crippen molar-refractivity contribution in [2.45, 2.75) is 96.8 Å². The molecule has 2 N–H and O–H groups in total. The Labute approximate surface area is 223 Å². The molecule has 1 unspecified atom stereocenters. The lowest BCUT2D eigenvalue weighted by molar-refractivity contribution is -0.867. The molecule has 0 saturated carbocycles. The van der Waals surface area contributed by atoms with Crippen molar-refractivity contribution in [3.63, 3.8) is 0 Å². The van der Waals surface area contributed by atoms with Crippen molar-refractivity contribution in [2.24, 2.45) is 0 Å². The molecule has 212 valence electrons. The number of unbranched alkanes of at least 4 members (excludes halogenated alkanes) is 12. The van der Waals surface area contributed by atoms with E-state index in [1.165, 1.54) is 76.3 Å². The van der Waals surface area contributed by atoms with Crippen LogP contribution in [0.4, 0.5) is 11.4 Å². The number of nitro groups is 1. The third-order valence-corrected chi connectivity index (χ3v) is 7.50. The van der Waals surface area contributed by atoms with Crippen LogP contribution in [-0.2, 0) is 9.36 Å². The second-order valence-corrected chi connectivity index (χ2v) is 12.8. The largest absolute Gasteiger partial charge is 0.422 e. The van der Waals surface area contributed by atoms with Gasteiger partial charge in [-0.25, -0.2) is 4.57 Å². The van der Waals surface area contributed by atoms with Crippen molar-refractivity contribution in [3.05, 3.63) is 28.3 Å². The minimum absolute atomic E-state index is 0.0356. The van der Waals surface area contributed by atoms with Crippen LogP contribution in [0.1, 0.15) is 96.8 Å². The van der Waals surface area contributed by atoms with Gasteiger partial charge >= 0.3 is 7.60 Å². The van der Waals surface area contributed by atoms with E-state index in [1.807, 2.05) is 21.1 Å². The molecule has 37 heavy (non-hydrogen) atoms. The van der Waals surface area contributed by atoms with Crippen LogP contribution in [-0.4, -0.2) is 54.1 Å². The molecule has 0 fully saturated rings. The first-order valence-corrected chi connectivity index (χ1v) is 15.6. The van der Waals surface area contributed by atoms with E-state index < -0.39 is 12.5 Å². The van der Waals surface area contributed by atoms with Crippen LogP contribution in [0.2, 0.25) is 0 Å². The number of rotatable bonds is 21. The molecule has 1 aromatic rings. The van der Waals surface area contributed by atoms with Crippen molar-refractivity contribution < 1.29 is 28.2 Å². The van der Waals surface area contributed by atoms with Gasteiger partial charge in [-0.1, -0.05) is 84.0 Å². The Balaban J connectivity index is 2.43. The molecule has 1 aromatic carbocycles. The lowest BCUT2D eigenvalue weighted by Gasteiger charge is -2.25. The Kier molecular flexibility index (Phi) is 15.7. The maximum atomic E-state index is 12.6. The Morgan fingerprint density at radius 1 is 0.973 bits per heavy atom. The first kappa shape index (κ1) is 33.1. The summed E-state index contributed by atoms with van der Waals surface area (Å²) in [6, 6.07) is 3.61. The van der Waals surface area contributed by atoms with Crippen LogP contribution in [0, 0.1) is 10.1 Å². The normalized spacial score (nSPS) is 13.2. The second kappa shape index (κ2) is 17.5. The molecule has 9 nitrogen and oxygen atoms in total. The standard InChI is InChI=1S/C27H48N3O6P/c1-5-6-7-8-9-10-11-12-13-14-15-16-17-18-27(31)28-25-23-24(29(32)33)19-20-26(25)36-37(34,35)22-21-30(2,3)4/h19-20,23H,5-18,21-22H2,1-4H3,(H-,28,31,34,35)/p+1. The van der Waals surface area contributed by atoms with Crippen LogP contribution in [0.15, 0.2) is 18.2 Å². The summed E-state index contributed by atoms with van der Waals surface area (Å²) in [5, 5.41) is 13.8. The van der Waals surface area contributed by atoms with Gasteiger partial charge in [-0.2, -0.15) is 0 Å². The van der Waals surface area contributed by atoms with E-state index in [1.54, 1.807) is 0 Å². The first-order valence-electron chi connectivity index (χ1n) is 13.8. The van der Waals surface area contributed by atoms with Gasteiger partial charge in [-0.15, -0.1) is 0 Å². The van der Waals surface area contributed by atoms with Gasteiger partial charge in [0.05, 0.1) is 38.3 Å². The molecule has 0 spiro atoms. The molecule has 1 atom stereocenters. The number of nitrogens with one attached hydrogen (secondary N) is 1. The monoisotopic (exact) mass is 542 g/mol. The number of amides is 1. The summed E-state index contributed by atoms with van der Waals surface area (Å²) >= 11 is 0. The van der Waals surface area contributed by atoms with E-state index in [9.17, 15) is 24.4 Å². The molecular weight excluding hydrogens is 493 g/mol. The number of anilines is 1. The van der Waals surface area contributed by atoms with Crippen LogP contribution in [0.5, 0.6) is 5.75 Å². The zero-order valence-electron chi connectivity index (χ0n) is 23.4. The lowest BCUT2D eigenvalue weighted by Crippen LogP contribution is -2.37. The van der Waals surface area contributed by atoms with Gasteiger partial charge in [0.15, 0.2) is 5.75 Å². The van der Waals surface area contributed by atoms with E-state index >= 15 is 0 Å². The molecular formula is C27H49N3O6P+. The zero-order chi connectivity index (χ0) is 27.7. The number of nitro benzene ring substituents is 1. The summed E-state index contributed by atoms with van der Waals surface area (Å²) in [5.41, 5.74) is -0.198. The number of hydrogen-bond acceptors (Lipinski definition) is 5. The summed E-state index contributed by atoms with van der Waals surface area (Å²) in [4.78, 5) is 33.4. The number of nitrogens with zero attached hydrogens (tertiary/aromatic N) is 2. The van der Waals surface area contributed by atoms with Crippen molar-refractivity contribution in [2.75, 3.05) is 39.2 Å². The number of carbonyl (C=O) groups excluding carboxylic acids is 1. The highest BCUT2D eigenvalue weighted by atomic mass is 31.2. The molecule has 0 radical (unpaired) electrons. The van der Waals surface area contributed by atoms with E-state index in [-0.39, 0.29) is 35.6 Å². The molecule has 0 aromatic heterocycles. The number of quaternary nitrogens is 1. The summed E-state index contributed by atoms with van der Waals surface area (Å²) in [5.74, 6) is -0.343. The number of carbonyl (C=O) groups is 1. The average molecular weight is 543 g/mol. The molecule has 0 heterocycles. The predicted octanol–water partition coefficient (Wildman–Crippen LogP) is 7.29. The van der Waals surface area contributed by atoms with Crippen LogP contribution in [0.25, 0.3) is 0 Å². The van der Waals surface area contributed by atoms with Gasteiger partial charge in [0, 0.05) is 18.6 Å². The summed E-state index contributed by atoms with van der Waals surface area (Å²) in [6.45, 7) is 2.64. The van der Waals surface area contributed by atoms with Gasteiger partial charge in [-0.05, 0) is 12.5 Å². The summed E-state index contributed by atoms with van der Waals surface area (Å²) < 4.78 is 18.4. The van der Waals surface area contributed by atoms with Gasteiger partial charge in [0.2, 0.25) is 5.91 Å². The van der Waals surface area contributed by atoms with Crippen molar-refractivity contribution >= 4 is 24.9 Å². The molecule has 0 saturated heterocycles. The third kappa shape index (κ3) is 16.5. The van der Waals surface area contributed by atoms with Gasteiger partial charge < -0.3 is 19.2 Å². The highest BCUT2D eigenvalue weighted by Gasteiger charge is 2.27. The highest BCUT2D eigenvalue weighted by Crippen LogP contribution is 2.45. The molecule has 0 aliphatic heterocycles. The van der Waals surface area contributed by atoms with Gasteiger partial charge in [0.1, 0.15) is 6.16 Å². The van der Waals surface area contributed by atoms with E-state index in [0.29, 0.717) is 11.0 Å². The molecule has 0 aliphatic rings. The number of hydrogen-bond donors (Lipinski definition) is 2. The van der Waals surface area contributed by atoms with E-state index in [2.05, 4.69) is 12.2 Å². The fourth-order valence-electron chi connectivity index (χ4n) is 3.95. The Bertz CT molecular complexity index is 872. The van der Waals surface area contributed by atoms with E-state index in [0.717, 1.165) is 25.3 Å². The van der Waals surface area contributed by atoms with Crippen LogP contribution < -0.4 is 9.84 Å². The Morgan fingerprint density at radius 2 is 1.49 bits per heavy atom. The van der Waals surface area contributed by atoms with Gasteiger partial charge in [-0.3, -0.25) is 14.9 Å². The zero-order valence-corrected chi connectivity index (χ0v) is 24.3. The molecule has 10 heteroatoms. The SMILES string of the molecule is CCCCCCCCCCCCCCCC(=O)Nc1cc([N+](=O)[O-])ccc1OP(=O)(O)CC[N+](C)(C)C. The molecule has 1 rings (SSSR count). The minimum Gasteiger partial charge on any atom is -0.422 e. The third-order valence-electron chi connectivity index (χ3n) is 6.25. The summed E-state index contributed by atoms with van der Waals surface area (Å²) in [6.07, 6.45) is 15.9. The fraction of sp³-hybridized carbons (Fsp3) is 0.741. The first-order chi connectivity index (χ1) is 17.4. The fourth-order valence-corrected chi connectivity index (χ4v) is 5.36. The number of benzene rings is 1. The highest BCUT2D eigenvalue weighted by molar-refractivity contribution is 7.53. The lowest BCUT2D eigenvalue weighted by atomic mass is 10.0. The van der Waals surface area contributed by atoms with E-state index in [4.69, 9.17) is 4.52 Å². The average Bonchev–Trinajstić information content (AvgIpc) is 2.81. The minimum atomic E-state index is -4.01. The van der Waals surface area contributed by atoms with Crippen LogP contribution >= 0.6 is 7.60 Å². The smallest absolute Gasteiger partial charge is 0.382 e. The van der Waals surface area contributed by atoms with Crippen molar-refractivity contribution in [1.29, 1.82) is 0 Å². The maximum absolute atomic E-state index is 12.6.